The van der Waals surface area contributed by atoms with Crippen LogP contribution in [0.25, 0.3) is 0 Å². The van der Waals surface area contributed by atoms with Crippen LogP contribution in [0, 0.1) is 10.1 Å². The van der Waals surface area contributed by atoms with Gasteiger partial charge in [-0.1, -0.05) is 0 Å². The third-order valence-corrected chi connectivity index (χ3v) is 5.80. The first kappa shape index (κ1) is 23.3. The summed E-state index contributed by atoms with van der Waals surface area (Å²) in [7, 11) is -1.18. The molecule has 3 rings (SSSR count). The molecule has 12 heteroatoms. The van der Waals surface area contributed by atoms with E-state index in [2.05, 4.69) is 15.2 Å². The Balaban J connectivity index is 1.80. The molecule has 0 aromatic heterocycles. The molecule has 0 radical (unpaired) electrons. The average Bonchev–Trinajstić information content (AvgIpc) is 2.79. The van der Waals surface area contributed by atoms with Crippen LogP contribution in [-0.4, -0.2) is 38.9 Å². The van der Waals surface area contributed by atoms with Gasteiger partial charge >= 0.3 is 0 Å². The molecule has 0 atom stereocenters. The Bertz CT molecular complexity index is 1290. The number of nitrogens with zero attached hydrogens (tertiary/aromatic N) is 2. The van der Waals surface area contributed by atoms with Crippen molar-refractivity contribution in [2.45, 2.75) is 4.90 Å². The first-order valence-electron chi connectivity index (χ1n) is 9.35. The van der Waals surface area contributed by atoms with E-state index in [-0.39, 0.29) is 27.8 Å². The Morgan fingerprint density at radius 3 is 2.36 bits per heavy atom. The zero-order chi connectivity index (χ0) is 24.0. The van der Waals surface area contributed by atoms with Crippen LogP contribution in [0.2, 0.25) is 0 Å². The lowest BCUT2D eigenvalue weighted by atomic mass is 10.2. The SMILES string of the molecule is COc1ccc(NS(=O)(=O)c2ccc(N/N=C\c3ccc(OC)c(O)c3)c([N+](=O)[O-])c2)cc1. The predicted molar refractivity (Wildman–Crippen MR) is 123 cm³/mol. The van der Waals surface area contributed by atoms with E-state index in [1.807, 2.05) is 0 Å². The smallest absolute Gasteiger partial charge is 0.295 e. The predicted octanol–water partition coefficient (Wildman–Crippen LogP) is 3.56. The number of hydrogen-bond donors (Lipinski definition) is 3. The maximum Gasteiger partial charge on any atom is 0.295 e. The van der Waals surface area contributed by atoms with Gasteiger partial charge in [0.1, 0.15) is 11.4 Å². The zero-order valence-electron chi connectivity index (χ0n) is 17.6. The Morgan fingerprint density at radius 1 is 1.03 bits per heavy atom. The summed E-state index contributed by atoms with van der Waals surface area (Å²) < 4.78 is 37.7. The summed E-state index contributed by atoms with van der Waals surface area (Å²) in [6.45, 7) is 0. The van der Waals surface area contributed by atoms with Crippen LogP contribution in [0.1, 0.15) is 5.56 Å². The summed E-state index contributed by atoms with van der Waals surface area (Å²) in [6, 6.07) is 14.1. The molecule has 0 bridgehead atoms. The van der Waals surface area contributed by atoms with Crippen molar-refractivity contribution in [3.63, 3.8) is 0 Å². The van der Waals surface area contributed by atoms with Gasteiger partial charge in [0.25, 0.3) is 15.7 Å². The number of ether oxygens (including phenoxy) is 2. The highest BCUT2D eigenvalue weighted by atomic mass is 32.2. The fourth-order valence-corrected chi connectivity index (χ4v) is 3.84. The van der Waals surface area contributed by atoms with Crippen LogP contribution in [0.3, 0.4) is 0 Å². The molecular formula is C21H20N4O7S. The topological polar surface area (TPSA) is 152 Å². The van der Waals surface area contributed by atoms with Crippen LogP contribution in [0.5, 0.6) is 17.2 Å². The van der Waals surface area contributed by atoms with Gasteiger partial charge in [0.2, 0.25) is 0 Å². The molecule has 172 valence electrons. The summed E-state index contributed by atoms with van der Waals surface area (Å²) >= 11 is 0. The van der Waals surface area contributed by atoms with Crippen LogP contribution in [0.15, 0.2) is 70.7 Å². The van der Waals surface area contributed by atoms with Crippen LogP contribution in [0.4, 0.5) is 17.1 Å². The molecule has 0 saturated carbocycles. The second kappa shape index (κ2) is 9.87. The molecule has 0 heterocycles. The minimum atomic E-state index is -4.08. The minimum Gasteiger partial charge on any atom is -0.504 e. The van der Waals surface area contributed by atoms with Gasteiger partial charge in [0.05, 0.1) is 30.3 Å². The number of rotatable bonds is 9. The van der Waals surface area contributed by atoms with Crippen LogP contribution < -0.4 is 19.6 Å². The van der Waals surface area contributed by atoms with Crippen molar-refractivity contribution >= 4 is 33.3 Å². The molecule has 0 amide bonds. The van der Waals surface area contributed by atoms with E-state index in [1.165, 1.54) is 56.8 Å². The van der Waals surface area contributed by atoms with E-state index >= 15 is 0 Å². The number of phenolic OH excluding ortho intramolecular Hbond substituents is 1. The number of nitro groups is 1. The average molecular weight is 472 g/mol. The molecule has 0 aliphatic carbocycles. The van der Waals surface area contributed by atoms with Crippen molar-refractivity contribution in [1.82, 2.24) is 0 Å². The third-order valence-electron chi connectivity index (χ3n) is 4.42. The molecule has 0 fully saturated rings. The highest BCUT2D eigenvalue weighted by molar-refractivity contribution is 7.92. The molecule has 0 unspecified atom stereocenters. The molecule has 33 heavy (non-hydrogen) atoms. The van der Waals surface area contributed by atoms with Crippen molar-refractivity contribution in [2.24, 2.45) is 5.10 Å². The van der Waals surface area contributed by atoms with E-state index in [1.54, 1.807) is 18.2 Å². The van der Waals surface area contributed by atoms with Gasteiger partial charge in [-0.15, -0.1) is 0 Å². The van der Waals surface area contributed by atoms with Crippen molar-refractivity contribution in [3.05, 3.63) is 76.3 Å². The Kier molecular flexibility index (Phi) is 6.98. The summed E-state index contributed by atoms with van der Waals surface area (Å²) in [5, 5.41) is 25.2. The van der Waals surface area contributed by atoms with Crippen LogP contribution >= 0.6 is 0 Å². The molecule has 0 spiro atoms. The first-order valence-corrected chi connectivity index (χ1v) is 10.8. The van der Waals surface area contributed by atoms with Gasteiger partial charge < -0.3 is 14.6 Å². The lowest BCUT2D eigenvalue weighted by molar-refractivity contribution is -0.384. The third kappa shape index (κ3) is 5.68. The second-order valence-electron chi connectivity index (χ2n) is 6.57. The Labute approximate surface area is 189 Å². The number of aromatic hydroxyl groups is 1. The monoisotopic (exact) mass is 472 g/mol. The van der Waals surface area contributed by atoms with Gasteiger partial charge in [0.15, 0.2) is 11.5 Å². The van der Waals surface area contributed by atoms with Crippen molar-refractivity contribution in [1.29, 1.82) is 0 Å². The number of hydrazone groups is 1. The maximum absolute atomic E-state index is 12.7. The Morgan fingerprint density at radius 2 is 1.76 bits per heavy atom. The summed E-state index contributed by atoms with van der Waals surface area (Å²) in [5.74, 6) is 0.747. The number of sulfonamides is 1. The normalized spacial score (nSPS) is 11.2. The molecule has 0 saturated heterocycles. The fraction of sp³-hybridized carbons (Fsp3) is 0.0952. The largest absolute Gasteiger partial charge is 0.504 e. The molecule has 3 aromatic carbocycles. The minimum absolute atomic E-state index is 0.0163. The van der Waals surface area contributed by atoms with Crippen molar-refractivity contribution in [2.75, 3.05) is 24.4 Å². The highest BCUT2D eigenvalue weighted by Gasteiger charge is 2.21. The molecule has 3 N–H and O–H groups in total. The van der Waals surface area contributed by atoms with Crippen molar-refractivity contribution < 1.29 is 27.9 Å². The molecule has 3 aromatic rings. The number of anilines is 2. The van der Waals surface area contributed by atoms with E-state index in [0.717, 1.165) is 6.07 Å². The van der Waals surface area contributed by atoms with E-state index in [0.29, 0.717) is 11.3 Å². The van der Waals surface area contributed by atoms with Gasteiger partial charge in [-0.05, 0) is 60.2 Å². The second-order valence-corrected chi connectivity index (χ2v) is 8.25. The zero-order valence-corrected chi connectivity index (χ0v) is 18.4. The van der Waals surface area contributed by atoms with Gasteiger partial charge in [-0.2, -0.15) is 5.10 Å². The van der Waals surface area contributed by atoms with E-state index < -0.39 is 20.6 Å². The quantitative estimate of drug-likeness (QED) is 0.243. The summed E-state index contributed by atoms with van der Waals surface area (Å²) in [6.07, 6.45) is 1.33. The number of phenols is 1. The summed E-state index contributed by atoms with van der Waals surface area (Å²) in [4.78, 5) is 10.5. The maximum atomic E-state index is 12.7. The Hall–Kier alpha value is -4.32. The first-order chi connectivity index (χ1) is 15.7. The molecule has 11 nitrogen and oxygen atoms in total. The highest BCUT2D eigenvalue weighted by Crippen LogP contribution is 2.29. The number of hydrogen-bond acceptors (Lipinski definition) is 9. The molecule has 0 aliphatic heterocycles. The number of benzene rings is 3. The van der Waals surface area contributed by atoms with E-state index in [9.17, 15) is 23.6 Å². The lowest BCUT2D eigenvalue weighted by Crippen LogP contribution is -2.13. The van der Waals surface area contributed by atoms with Gasteiger partial charge in [0, 0.05) is 11.8 Å². The number of methoxy groups -OCH3 is 2. The standard InChI is InChI=1S/C21H20N4O7S/c1-31-16-6-4-15(5-7-16)24-33(29,30)17-8-9-18(19(12-17)25(27)28)23-22-13-14-3-10-21(32-2)20(26)11-14/h3-13,23-24,26H,1-2H3/b22-13-. The van der Waals surface area contributed by atoms with Crippen LogP contribution in [-0.2, 0) is 10.0 Å². The fourth-order valence-electron chi connectivity index (χ4n) is 2.76. The van der Waals surface area contributed by atoms with Gasteiger partial charge in [-0.3, -0.25) is 20.3 Å². The molecule has 0 aliphatic rings. The number of nitro benzene ring substituents is 1. The lowest BCUT2D eigenvalue weighted by Gasteiger charge is -2.10. The molecular weight excluding hydrogens is 452 g/mol. The summed E-state index contributed by atoms with van der Waals surface area (Å²) in [5.41, 5.74) is 2.79. The van der Waals surface area contributed by atoms with Crippen molar-refractivity contribution in [3.8, 4) is 17.2 Å². The van der Waals surface area contributed by atoms with Gasteiger partial charge in [-0.25, -0.2) is 8.42 Å². The number of nitrogens with one attached hydrogen (secondary N) is 2. The van der Waals surface area contributed by atoms with E-state index in [4.69, 9.17) is 9.47 Å².